The van der Waals surface area contributed by atoms with Gasteiger partial charge in [0, 0.05) is 40.9 Å². The molecule has 5 nitrogen and oxygen atoms in total. The maximum Gasteiger partial charge on any atom is 0.330 e. The molecule has 9 heteroatoms. The van der Waals surface area contributed by atoms with E-state index in [1.165, 1.54) is 11.0 Å². The Morgan fingerprint density at radius 2 is 2.00 bits per heavy atom. The number of para-hydroxylation sites is 1. The Morgan fingerprint density at radius 1 is 1.25 bits per heavy atom. The summed E-state index contributed by atoms with van der Waals surface area (Å²) in [6, 6.07) is 6.72. The maximum absolute atomic E-state index is 15.7. The molecule has 1 aromatic heterocycles. The minimum atomic E-state index is -2.73. The van der Waals surface area contributed by atoms with Crippen LogP contribution in [-0.4, -0.2) is 54.2 Å². The van der Waals surface area contributed by atoms with Crippen molar-refractivity contribution in [3.05, 3.63) is 76.5 Å². The molecule has 36 heavy (non-hydrogen) atoms. The number of halogens is 4. The minimum absolute atomic E-state index is 0.0492. The molecule has 3 atom stereocenters. The molecule has 2 aliphatic heterocycles. The second kappa shape index (κ2) is 10.1. The van der Waals surface area contributed by atoms with Gasteiger partial charge in [0.15, 0.2) is 0 Å². The molecule has 0 bridgehead atoms. The van der Waals surface area contributed by atoms with E-state index in [1.807, 2.05) is 24.3 Å². The van der Waals surface area contributed by atoms with Crippen LogP contribution in [0.3, 0.4) is 0 Å². The summed E-state index contributed by atoms with van der Waals surface area (Å²) in [6.07, 6.45) is 0.149. The van der Waals surface area contributed by atoms with Crippen molar-refractivity contribution in [2.75, 3.05) is 19.8 Å². The van der Waals surface area contributed by atoms with Crippen LogP contribution in [0, 0.1) is 11.6 Å². The number of nitrogens with zero attached hydrogens (tertiary/aromatic N) is 1. The Hall–Kier alpha value is -3.17. The van der Waals surface area contributed by atoms with E-state index in [2.05, 4.69) is 4.98 Å². The van der Waals surface area contributed by atoms with Crippen molar-refractivity contribution in [1.29, 1.82) is 0 Å². The fourth-order valence-electron chi connectivity index (χ4n) is 5.40. The van der Waals surface area contributed by atoms with Crippen LogP contribution in [0.4, 0.5) is 17.6 Å². The Labute approximate surface area is 205 Å². The van der Waals surface area contributed by atoms with E-state index < -0.39 is 42.2 Å². The number of esters is 1. The Bertz CT molecular complexity index is 1280. The summed E-state index contributed by atoms with van der Waals surface area (Å²) in [4.78, 5) is 16.4. The van der Waals surface area contributed by atoms with E-state index in [1.54, 1.807) is 6.92 Å². The Balaban J connectivity index is 1.66. The number of fused-ring (bicyclic) bond motifs is 3. The zero-order chi connectivity index (χ0) is 25.4. The van der Waals surface area contributed by atoms with Gasteiger partial charge in [0.2, 0.25) is 0 Å². The maximum atomic E-state index is 15.7. The molecule has 2 aromatic carbocycles. The second-order valence-corrected chi connectivity index (χ2v) is 9.02. The van der Waals surface area contributed by atoms with Crippen LogP contribution in [-0.2, 0) is 20.7 Å². The first-order chi connectivity index (χ1) is 17.4. The standard InChI is InChI=1S/C27H26F4N2O3/c1-2-36-23(34)8-7-15-11-19(28)24(20(29)12-15)26-25-18(17-5-3-4-6-21(17)32-25)13-22(27(30)31)33(26)16-9-10-35-14-16/h3-8,11-12,16,22,26-27,32H,2,9-10,13-14H2,1H3/b8-7+/t16?,22-,26?/m0/s1. The van der Waals surface area contributed by atoms with Gasteiger partial charge in [0.25, 0.3) is 6.43 Å². The zero-order valence-electron chi connectivity index (χ0n) is 19.6. The lowest BCUT2D eigenvalue weighted by Crippen LogP contribution is -2.53. The number of aromatic nitrogens is 1. The molecule has 0 amide bonds. The van der Waals surface area contributed by atoms with E-state index in [0.29, 0.717) is 24.3 Å². The summed E-state index contributed by atoms with van der Waals surface area (Å²) in [5, 5.41) is 0.764. The summed E-state index contributed by atoms with van der Waals surface area (Å²) in [7, 11) is 0. The molecule has 0 aliphatic carbocycles. The summed E-state index contributed by atoms with van der Waals surface area (Å²) in [6.45, 7) is 2.42. The van der Waals surface area contributed by atoms with Gasteiger partial charge < -0.3 is 14.5 Å². The van der Waals surface area contributed by atoms with E-state index in [9.17, 15) is 13.6 Å². The number of carbonyl (C=O) groups excluding carboxylic acids is 1. The van der Waals surface area contributed by atoms with Crippen molar-refractivity contribution in [3.63, 3.8) is 0 Å². The highest BCUT2D eigenvalue weighted by Gasteiger charge is 2.47. The van der Waals surface area contributed by atoms with Gasteiger partial charge in [-0.05, 0) is 55.2 Å². The summed E-state index contributed by atoms with van der Waals surface area (Å²) in [5.74, 6) is -2.40. The van der Waals surface area contributed by atoms with Gasteiger partial charge in [-0.25, -0.2) is 22.4 Å². The molecule has 0 saturated carbocycles. The second-order valence-electron chi connectivity index (χ2n) is 9.02. The lowest BCUT2D eigenvalue weighted by molar-refractivity contribution is -0.137. The normalized spacial score (nSPS) is 22.6. The van der Waals surface area contributed by atoms with E-state index in [0.717, 1.165) is 29.1 Å². The Morgan fingerprint density at radius 3 is 2.67 bits per heavy atom. The first kappa shape index (κ1) is 24.5. The average molecular weight is 503 g/mol. The third-order valence-corrected chi connectivity index (χ3v) is 6.91. The van der Waals surface area contributed by atoms with Crippen LogP contribution in [0.2, 0.25) is 0 Å². The topological polar surface area (TPSA) is 54.6 Å². The fourth-order valence-corrected chi connectivity index (χ4v) is 5.40. The lowest BCUT2D eigenvalue weighted by atomic mass is 9.85. The molecule has 1 N–H and O–H groups in total. The molecule has 3 heterocycles. The van der Waals surface area contributed by atoms with Crippen molar-refractivity contribution in [1.82, 2.24) is 9.88 Å². The molecule has 190 valence electrons. The van der Waals surface area contributed by atoms with E-state index in [-0.39, 0.29) is 30.8 Å². The highest BCUT2D eigenvalue weighted by Crippen LogP contribution is 2.45. The van der Waals surface area contributed by atoms with Crippen molar-refractivity contribution in [3.8, 4) is 0 Å². The number of nitrogens with one attached hydrogen (secondary N) is 1. The molecule has 2 aliphatic rings. The number of ether oxygens (including phenoxy) is 2. The van der Waals surface area contributed by atoms with Gasteiger partial charge in [-0.2, -0.15) is 0 Å². The number of hydrogen-bond donors (Lipinski definition) is 1. The van der Waals surface area contributed by atoms with Gasteiger partial charge >= 0.3 is 5.97 Å². The van der Waals surface area contributed by atoms with E-state index in [4.69, 9.17) is 9.47 Å². The number of H-pyrrole nitrogens is 1. The van der Waals surface area contributed by atoms with Crippen LogP contribution in [0.25, 0.3) is 17.0 Å². The monoisotopic (exact) mass is 502 g/mol. The first-order valence-corrected chi connectivity index (χ1v) is 12.0. The molecule has 1 saturated heterocycles. The molecular formula is C27H26F4N2O3. The minimum Gasteiger partial charge on any atom is -0.463 e. The molecule has 1 fully saturated rings. The molecular weight excluding hydrogens is 476 g/mol. The number of rotatable bonds is 6. The Kier molecular flexibility index (Phi) is 6.85. The number of carbonyl (C=O) groups is 1. The molecule has 5 rings (SSSR count). The van der Waals surface area contributed by atoms with Crippen LogP contribution in [0.1, 0.15) is 41.8 Å². The van der Waals surface area contributed by atoms with Crippen molar-refractivity contribution in [2.24, 2.45) is 0 Å². The van der Waals surface area contributed by atoms with Gasteiger partial charge in [0.1, 0.15) is 11.6 Å². The number of aromatic amines is 1. The summed E-state index contributed by atoms with van der Waals surface area (Å²) < 4.78 is 70.6. The number of hydrogen-bond acceptors (Lipinski definition) is 4. The predicted octanol–water partition coefficient (Wildman–Crippen LogP) is 5.39. The van der Waals surface area contributed by atoms with Crippen LogP contribution >= 0.6 is 0 Å². The van der Waals surface area contributed by atoms with Crippen LogP contribution in [0.15, 0.2) is 42.5 Å². The summed E-state index contributed by atoms with van der Waals surface area (Å²) >= 11 is 0. The third kappa shape index (κ3) is 4.41. The molecule has 0 spiro atoms. The lowest BCUT2D eigenvalue weighted by Gasteiger charge is -2.45. The van der Waals surface area contributed by atoms with Gasteiger partial charge in [-0.1, -0.05) is 18.2 Å². The zero-order valence-corrected chi connectivity index (χ0v) is 19.6. The summed E-state index contributed by atoms with van der Waals surface area (Å²) in [5.41, 5.74) is 1.68. The number of benzene rings is 2. The fraction of sp³-hybridized carbons (Fsp3) is 0.370. The highest BCUT2D eigenvalue weighted by molar-refractivity contribution is 5.87. The average Bonchev–Trinajstić information content (AvgIpc) is 3.50. The van der Waals surface area contributed by atoms with Crippen molar-refractivity contribution < 1.29 is 31.8 Å². The van der Waals surface area contributed by atoms with Crippen molar-refractivity contribution in [2.45, 2.75) is 44.3 Å². The van der Waals surface area contributed by atoms with Crippen molar-refractivity contribution >= 4 is 22.9 Å². The third-order valence-electron chi connectivity index (χ3n) is 6.91. The van der Waals surface area contributed by atoms with Crippen LogP contribution < -0.4 is 0 Å². The molecule has 0 radical (unpaired) electrons. The number of alkyl halides is 2. The van der Waals surface area contributed by atoms with E-state index >= 15 is 8.78 Å². The highest BCUT2D eigenvalue weighted by atomic mass is 19.3. The van der Waals surface area contributed by atoms with Gasteiger partial charge in [-0.3, -0.25) is 4.90 Å². The first-order valence-electron chi connectivity index (χ1n) is 12.0. The van der Waals surface area contributed by atoms with Gasteiger partial charge in [-0.15, -0.1) is 0 Å². The van der Waals surface area contributed by atoms with Crippen LogP contribution in [0.5, 0.6) is 0 Å². The molecule has 3 aromatic rings. The largest absolute Gasteiger partial charge is 0.463 e. The molecule has 2 unspecified atom stereocenters. The quantitative estimate of drug-likeness (QED) is 0.279. The van der Waals surface area contributed by atoms with Gasteiger partial charge in [0.05, 0.1) is 25.3 Å². The predicted molar refractivity (Wildman–Crippen MR) is 127 cm³/mol. The SMILES string of the molecule is CCOC(=O)/C=C/c1cc(F)c(C2c3[nH]c4ccccc4c3C[C@@H](C(F)F)N2C2CCOC2)c(F)c1. The smallest absolute Gasteiger partial charge is 0.330 e.